The summed E-state index contributed by atoms with van der Waals surface area (Å²) in [4.78, 5) is 30.3. The van der Waals surface area contributed by atoms with Crippen LogP contribution in [-0.4, -0.2) is 61.4 Å². The van der Waals surface area contributed by atoms with Gasteiger partial charge in [-0.25, -0.2) is 4.79 Å². The molecule has 1 saturated heterocycles. The highest BCUT2D eigenvalue weighted by atomic mass is 35.5. The molecule has 0 saturated carbocycles. The van der Waals surface area contributed by atoms with Crippen LogP contribution in [0.3, 0.4) is 0 Å². The van der Waals surface area contributed by atoms with Crippen molar-refractivity contribution in [2.75, 3.05) is 33.7 Å². The summed E-state index contributed by atoms with van der Waals surface area (Å²) in [6.45, 7) is 1.34. The van der Waals surface area contributed by atoms with Gasteiger partial charge in [0.2, 0.25) is 5.91 Å². The van der Waals surface area contributed by atoms with Crippen LogP contribution in [0.4, 0.5) is 4.79 Å². The fourth-order valence-electron chi connectivity index (χ4n) is 2.33. The molecule has 9 heteroatoms. The highest BCUT2D eigenvalue weighted by Crippen LogP contribution is 2.23. The molecule has 0 bridgehead atoms. The maximum atomic E-state index is 11.5. The molecular formula is C15H19Cl2N5O2. The summed E-state index contributed by atoms with van der Waals surface area (Å²) in [5.41, 5.74) is 0.990. The van der Waals surface area contributed by atoms with Gasteiger partial charge in [-0.05, 0) is 17.7 Å². The van der Waals surface area contributed by atoms with Crippen molar-refractivity contribution in [3.05, 3.63) is 33.8 Å². The number of halogens is 2. The van der Waals surface area contributed by atoms with Crippen molar-refractivity contribution in [1.82, 2.24) is 20.4 Å². The largest absolute Gasteiger partial charge is 0.354 e. The normalized spacial score (nSPS) is 14.8. The monoisotopic (exact) mass is 371 g/mol. The van der Waals surface area contributed by atoms with Crippen molar-refractivity contribution in [3.8, 4) is 0 Å². The number of urea groups is 1. The van der Waals surface area contributed by atoms with Crippen LogP contribution >= 0.6 is 23.2 Å². The summed E-state index contributed by atoms with van der Waals surface area (Å²) in [5.74, 6) is 0.425. The third kappa shape index (κ3) is 4.52. The first-order valence-electron chi connectivity index (χ1n) is 7.36. The van der Waals surface area contributed by atoms with Crippen LogP contribution in [-0.2, 0) is 11.3 Å². The van der Waals surface area contributed by atoms with Gasteiger partial charge in [0.1, 0.15) is 0 Å². The van der Waals surface area contributed by atoms with Crippen molar-refractivity contribution in [2.45, 2.75) is 6.54 Å². The molecule has 1 aromatic carbocycles. The number of rotatable bonds is 5. The Balaban J connectivity index is 1.87. The molecule has 1 aliphatic heterocycles. The number of nitrogens with zero attached hydrogens (tertiary/aromatic N) is 3. The lowest BCUT2D eigenvalue weighted by Gasteiger charge is -2.23. The third-order valence-corrected chi connectivity index (χ3v) is 4.27. The van der Waals surface area contributed by atoms with Gasteiger partial charge >= 0.3 is 6.03 Å². The first-order chi connectivity index (χ1) is 11.4. The smallest absolute Gasteiger partial charge is 0.324 e. The summed E-state index contributed by atoms with van der Waals surface area (Å²) >= 11 is 11.9. The molecule has 1 aromatic rings. The molecule has 2 N–H and O–H groups in total. The molecule has 130 valence electrons. The Hall–Kier alpha value is -1.99. The molecular weight excluding hydrogens is 353 g/mol. The van der Waals surface area contributed by atoms with Crippen molar-refractivity contribution >= 4 is 41.1 Å². The molecule has 2 rings (SSSR count). The zero-order valence-corrected chi connectivity index (χ0v) is 15.0. The van der Waals surface area contributed by atoms with E-state index in [9.17, 15) is 9.59 Å². The molecule has 0 atom stereocenters. The van der Waals surface area contributed by atoms with E-state index in [-0.39, 0.29) is 25.0 Å². The van der Waals surface area contributed by atoms with Gasteiger partial charge in [-0.2, -0.15) is 0 Å². The van der Waals surface area contributed by atoms with Gasteiger partial charge < -0.3 is 15.5 Å². The van der Waals surface area contributed by atoms with E-state index in [1.54, 1.807) is 19.2 Å². The number of nitrogens with one attached hydrogen (secondary N) is 2. The summed E-state index contributed by atoms with van der Waals surface area (Å²) in [6.07, 6.45) is 0. The number of aliphatic imine (C=N–C) groups is 1. The number of hydrogen-bond acceptors (Lipinski definition) is 3. The molecule has 1 heterocycles. The second-order valence-corrected chi connectivity index (χ2v) is 6.10. The van der Waals surface area contributed by atoms with Crippen molar-refractivity contribution in [2.24, 2.45) is 4.99 Å². The van der Waals surface area contributed by atoms with Gasteiger partial charge in [-0.3, -0.25) is 14.7 Å². The lowest BCUT2D eigenvalue weighted by atomic mass is 10.2. The summed E-state index contributed by atoms with van der Waals surface area (Å²) in [5, 5.41) is 6.63. The number of imide groups is 1. The minimum absolute atomic E-state index is 0.0603. The standard InChI is InChI=1S/C15H19Cl2N5O2/c1-18-14(19-5-6-22-13(23)8-20-15(22)24)21(2)9-10-3-4-11(16)12(17)7-10/h3-4,7H,5-6,8-9H2,1-2H3,(H,18,19)(H,20,24). The van der Waals surface area contributed by atoms with Crippen LogP contribution in [0.1, 0.15) is 5.56 Å². The third-order valence-electron chi connectivity index (χ3n) is 3.53. The van der Waals surface area contributed by atoms with E-state index in [1.807, 2.05) is 18.0 Å². The summed E-state index contributed by atoms with van der Waals surface area (Å²) in [6, 6.07) is 5.09. The number of benzene rings is 1. The lowest BCUT2D eigenvalue weighted by molar-refractivity contribution is -0.124. The molecule has 0 spiro atoms. The Morgan fingerprint density at radius 3 is 2.71 bits per heavy atom. The Labute approximate surface area is 150 Å². The van der Waals surface area contributed by atoms with Crippen LogP contribution in [0.25, 0.3) is 0 Å². The topological polar surface area (TPSA) is 77.0 Å². The summed E-state index contributed by atoms with van der Waals surface area (Å²) in [7, 11) is 3.55. The lowest BCUT2D eigenvalue weighted by Crippen LogP contribution is -2.43. The zero-order valence-electron chi connectivity index (χ0n) is 13.5. The number of guanidine groups is 1. The number of carbonyl (C=O) groups is 2. The van der Waals surface area contributed by atoms with E-state index in [4.69, 9.17) is 23.2 Å². The second-order valence-electron chi connectivity index (χ2n) is 5.28. The molecule has 0 aliphatic carbocycles. The second kappa shape index (κ2) is 8.21. The Morgan fingerprint density at radius 1 is 1.38 bits per heavy atom. The van der Waals surface area contributed by atoms with Crippen LogP contribution in [0.5, 0.6) is 0 Å². The Morgan fingerprint density at radius 2 is 2.12 bits per heavy atom. The number of amides is 3. The van der Waals surface area contributed by atoms with Gasteiger partial charge in [0, 0.05) is 33.7 Å². The van der Waals surface area contributed by atoms with Gasteiger partial charge in [0.25, 0.3) is 0 Å². The molecule has 24 heavy (non-hydrogen) atoms. The van der Waals surface area contributed by atoms with Gasteiger partial charge in [0.15, 0.2) is 5.96 Å². The molecule has 7 nitrogen and oxygen atoms in total. The van der Waals surface area contributed by atoms with E-state index in [0.29, 0.717) is 29.1 Å². The molecule has 0 radical (unpaired) electrons. The maximum Gasteiger partial charge on any atom is 0.324 e. The summed E-state index contributed by atoms with van der Waals surface area (Å²) < 4.78 is 0. The molecule has 1 aliphatic rings. The van der Waals surface area contributed by atoms with Crippen LogP contribution in [0.2, 0.25) is 10.0 Å². The highest BCUT2D eigenvalue weighted by molar-refractivity contribution is 6.42. The highest BCUT2D eigenvalue weighted by Gasteiger charge is 2.27. The Kier molecular flexibility index (Phi) is 6.28. The molecule has 0 unspecified atom stereocenters. The predicted molar refractivity (Wildman–Crippen MR) is 94.4 cm³/mol. The Bertz CT molecular complexity index is 649. The minimum atomic E-state index is -0.360. The average molecular weight is 372 g/mol. The van der Waals surface area contributed by atoms with Crippen LogP contribution in [0.15, 0.2) is 23.2 Å². The zero-order chi connectivity index (χ0) is 17.7. The van der Waals surface area contributed by atoms with Gasteiger partial charge in [0.05, 0.1) is 16.6 Å². The van der Waals surface area contributed by atoms with Crippen molar-refractivity contribution in [3.63, 3.8) is 0 Å². The first kappa shape index (κ1) is 18.4. The maximum absolute atomic E-state index is 11.5. The van der Waals surface area contributed by atoms with E-state index in [1.165, 1.54) is 4.90 Å². The van der Waals surface area contributed by atoms with Crippen molar-refractivity contribution in [1.29, 1.82) is 0 Å². The molecule has 1 fully saturated rings. The quantitative estimate of drug-likeness (QED) is 0.467. The van der Waals surface area contributed by atoms with E-state index in [2.05, 4.69) is 15.6 Å². The van der Waals surface area contributed by atoms with E-state index < -0.39 is 0 Å². The molecule has 3 amide bonds. The number of hydrogen-bond donors (Lipinski definition) is 2. The van der Waals surface area contributed by atoms with E-state index in [0.717, 1.165) is 5.56 Å². The molecule has 0 aromatic heterocycles. The first-order valence-corrected chi connectivity index (χ1v) is 8.12. The van der Waals surface area contributed by atoms with Crippen LogP contribution in [0, 0.1) is 0 Å². The minimum Gasteiger partial charge on any atom is -0.354 e. The average Bonchev–Trinajstić information content (AvgIpc) is 2.86. The fourth-order valence-corrected chi connectivity index (χ4v) is 2.65. The van der Waals surface area contributed by atoms with E-state index >= 15 is 0 Å². The number of carbonyl (C=O) groups excluding carboxylic acids is 2. The predicted octanol–water partition coefficient (Wildman–Crippen LogP) is 1.55. The van der Waals surface area contributed by atoms with Crippen molar-refractivity contribution < 1.29 is 9.59 Å². The SMILES string of the molecule is CN=C(NCCN1C(=O)CNC1=O)N(C)Cc1ccc(Cl)c(Cl)c1. The van der Waals surface area contributed by atoms with Gasteiger partial charge in [-0.1, -0.05) is 29.3 Å². The van der Waals surface area contributed by atoms with Crippen LogP contribution < -0.4 is 10.6 Å². The fraction of sp³-hybridized carbons (Fsp3) is 0.400. The van der Waals surface area contributed by atoms with Gasteiger partial charge in [-0.15, -0.1) is 0 Å².